The number of aryl methyl sites for hydroxylation is 2. The molecule has 1 aromatic heterocycles. The Kier molecular flexibility index (Phi) is 3.13. The van der Waals surface area contributed by atoms with Gasteiger partial charge < -0.3 is 14.6 Å². The third-order valence-corrected chi connectivity index (χ3v) is 4.39. The summed E-state index contributed by atoms with van der Waals surface area (Å²) in [6.07, 6.45) is 2.82. The lowest BCUT2D eigenvalue weighted by molar-refractivity contribution is 0.0731. The average Bonchev–Trinajstić information content (AvgIpc) is 2.92. The van der Waals surface area contributed by atoms with Crippen molar-refractivity contribution in [3.8, 4) is 5.75 Å². The third kappa shape index (κ3) is 2.26. The van der Waals surface area contributed by atoms with Crippen molar-refractivity contribution in [1.29, 1.82) is 0 Å². The molecular formula is C17H19N3O2. The molecule has 0 spiro atoms. The Balaban J connectivity index is 1.57. The molecule has 5 nitrogen and oxygen atoms in total. The summed E-state index contributed by atoms with van der Waals surface area (Å²) in [5, 5.41) is 0. The number of rotatable bonds is 1. The number of benzene rings is 1. The monoisotopic (exact) mass is 297 g/mol. The van der Waals surface area contributed by atoms with Gasteiger partial charge in [-0.3, -0.25) is 4.79 Å². The smallest absolute Gasteiger partial charge is 0.254 e. The number of aromatic nitrogens is 2. The molecule has 1 amide bonds. The Bertz CT molecular complexity index is 736. The van der Waals surface area contributed by atoms with Gasteiger partial charge in [-0.1, -0.05) is 0 Å². The van der Waals surface area contributed by atoms with Gasteiger partial charge in [0.05, 0.1) is 24.5 Å². The van der Waals surface area contributed by atoms with Crippen molar-refractivity contribution in [2.75, 3.05) is 13.2 Å². The van der Waals surface area contributed by atoms with E-state index in [1.54, 1.807) is 0 Å². The predicted molar refractivity (Wildman–Crippen MR) is 82.0 cm³/mol. The second kappa shape index (κ2) is 5.16. The topological polar surface area (TPSA) is 58.2 Å². The summed E-state index contributed by atoms with van der Waals surface area (Å²) in [6, 6.07) is 5.79. The minimum absolute atomic E-state index is 0.0891. The standard InChI is InChI=1S/C17H19N3O2/c1-11-18-14-6-7-20(10-15(14)19-11)17(21)13-4-5-16-12(9-13)3-2-8-22-16/h4-5,9H,2-3,6-8,10H2,1H3,(H,18,19). The highest BCUT2D eigenvalue weighted by Gasteiger charge is 2.24. The molecule has 1 N–H and O–H groups in total. The lowest BCUT2D eigenvalue weighted by Gasteiger charge is -2.27. The molecule has 114 valence electrons. The Morgan fingerprint density at radius 1 is 1.36 bits per heavy atom. The van der Waals surface area contributed by atoms with E-state index in [4.69, 9.17) is 4.74 Å². The fourth-order valence-electron chi connectivity index (χ4n) is 3.29. The van der Waals surface area contributed by atoms with E-state index in [0.717, 1.165) is 66.5 Å². The van der Waals surface area contributed by atoms with Crippen LogP contribution in [0.15, 0.2) is 18.2 Å². The highest BCUT2D eigenvalue weighted by Crippen LogP contribution is 2.27. The molecule has 4 rings (SSSR count). The van der Waals surface area contributed by atoms with E-state index in [1.165, 1.54) is 0 Å². The van der Waals surface area contributed by atoms with Crippen LogP contribution in [0.1, 0.15) is 39.6 Å². The summed E-state index contributed by atoms with van der Waals surface area (Å²) < 4.78 is 5.61. The number of ether oxygens (including phenoxy) is 1. The van der Waals surface area contributed by atoms with Gasteiger partial charge in [0, 0.05) is 18.5 Å². The second-order valence-corrected chi connectivity index (χ2v) is 6.00. The molecule has 0 saturated heterocycles. The van der Waals surface area contributed by atoms with Crippen molar-refractivity contribution < 1.29 is 9.53 Å². The van der Waals surface area contributed by atoms with E-state index >= 15 is 0 Å². The lowest BCUT2D eigenvalue weighted by Crippen LogP contribution is -2.36. The van der Waals surface area contributed by atoms with Crippen molar-refractivity contribution in [1.82, 2.24) is 14.9 Å². The largest absolute Gasteiger partial charge is 0.493 e. The maximum Gasteiger partial charge on any atom is 0.254 e. The molecule has 5 heteroatoms. The van der Waals surface area contributed by atoms with Crippen molar-refractivity contribution in [3.05, 3.63) is 46.5 Å². The highest BCUT2D eigenvalue weighted by molar-refractivity contribution is 5.94. The number of fused-ring (bicyclic) bond motifs is 2. The summed E-state index contributed by atoms with van der Waals surface area (Å²) >= 11 is 0. The Hall–Kier alpha value is -2.30. The van der Waals surface area contributed by atoms with Crippen LogP contribution in [-0.4, -0.2) is 33.9 Å². The lowest BCUT2D eigenvalue weighted by atomic mass is 10.0. The third-order valence-electron chi connectivity index (χ3n) is 4.39. The van der Waals surface area contributed by atoms with E-state index in [1.807, 2.05) is 30.0 Å². The molecule has 2 aromatic rings. The van der Waals surface area contributed by atoms with E-state index in [0.29, 0.717) is 6.54 Å². The van der Waals surface area contributed by atoms with Crippen LogP contribution in [0.4, 0.5) is 0 Å². The Labute approximate surface area is 129 Å². The first-order valence-electron chi connectivity index (χ1n) is 7.80. The fourth-order valence-corrected chi connectivity index (χ4v) is 3.29. The van der Waals surface area contributed by atoms with Crippen molar-refractivity contribution >= 4 is 5.91 Å². The summed E-state index contributed by atoms with van der Waals surface area (Å²) in [7, 11) is 0. The van der Waals surface area contributed by atoms with Gasteiger partial charge in [-0.15, -0.1) is 0 Å². The molecular weight excluding hydrogens is 278 g/mol. The quantitative estimate of drug-likeness (QED) is 0.878. The SMILES string of the molecule is Cc1nc2c([nH]1)CN(C(=O)c1ccc3c(c1)CCCO3)CC2. The molecule has 2 aliphatic rings. The van der Waals surface area contributed by atoms with E-state index < -0.39 is 0 Å². The molecule has 0 atom stereocenters. The van der Waals surface area contributed by atoms with Crippen LogP contribution in [0, 0.1) is 6.92 Å². The van der Waals surface area contributed by atoms with Crippen LogP contribution >= 0.6 is 0 Å². The molecule has 0 bridgehead atoms. The number of H-pyrrole nitrogens is 1. The van der Waals surface area contributed by atoms with E-state index in [-0.39, 0.29) is 5.91 Å². The number of hydrogen-bond acceptors (Lipinski definition) is 3. The van der Waals surface area contributed by atoms with Crippen molar-refractivity contribution in [2.24, 2.45) is 0 Å². The van der Waals surface area contributed by atoms with Crippen LogP contribution in [0.5, 0.6) is 5.75 Å². The van der Waals surface area contributed by atoms with Gasteiger partial charge in [0.1, 0.15) is 11.6 Å². The Morgan fingerprint density at radius 3 is 3.18 bits per heavy atom. The van der Waals surface area contributed by atoms with Gasteiger partial charge in [-0.25, -0.2) is 4.98 Å². The summed E-state index contributed by atoms with van der Waals surface area (Å²) in [6.45, 7) is 4.06. The van der Waals surface area contributed by atoms with Crippen LogP contribution in [0.25, 0.3) is 0 Å². The van der Waals surface area contributed by atoms with Gasteiger partial charge >= 0.3 is 0 Å². The van der Waals surface area contributed by atoms with Crippen LogP contribution in [-0.2, 0) is 19.4 Å². The molecule has 0 fully saturated rings. The molecule has 0 saturated carbocycles. The van der Waals surface area contributed by atoms with Gasteiger partial charge in [-0.05, 0) is 43.5 Å². The molecule has 0 aliphatic carbocycles. The molecule has 0 radical (unpaired) electrons. The predicted octanol–water partition coefficient (Wildman–Crippen LogP) is 2.24. The molecule has 22 heavy (non-hydrogen) atoms. The van der Waals surface area contributed by atoms with Gasteiger partial charge in [0.2, 0.25) is 0 Å². The minimum Gasteiger partial charge on any atom is -0.493 e. The minimum atomic E-state index is 0.0891. The maximum absolute atomic E-state index is 12.8. The van der Waals surface area contributed by atoms with E-state index in [9.17, 15) is 4.79 Å². The van der Waals surface area contributed by atoms with E-state index in [2.05, 4.69) is 9.97 Å². The molecule has 0 unspecified atom stereocenters. The summed E-state index contributed by atoms with van der Waals surface area (Å²) in [5.41, 5.74) is 4.06. The zero-order chi connectivity index (χ0) is 15.1. The van der Waals surface area contributed by atoms with Gasteiger partial charge in [-0.2, -0.15) is 0 Å². The number of amides is 1. The van der Waals surface area contributed by atoms with Crippen molar-refractivity contribution in [2.45, 2.75) is 32.7 Å². The number of nitrogens with one attached hydrogen (secondary N) is 1. The summed E-state index contributed by atoms with van der Waals surface area (Å²) in [5.74, 6) is 1.93. The normalized spacial score (nSPS) is 16.7. The van der Waals surface area contributed by atoms with Crippen LogP contribution < -0.4 is 4.74 Å². The van der Waals surface area contributed by atoms with Gasteiger partial charge in [0.15, 0.2) is 0 Å². The maximum atomic E-state index is 12.8. The number of nitrogens with zero attached hydrogens (tertiary/aromatic N) is 2. The van der Waals surface area contributed by atoms with Crippen LogP contribution in [0.2, 0.25) is 0 Å². The zero-order valence-electron chi connectivity index (χ0n) is 12.7. The zero-order valence-corrected chi connectivity index (χ0v) is 12.7. The Morgan fingerprint density at radius 2 is 2.27 bits per heavy atom. The first-order chi connectivity index (χ1) is 10.7. The number of hydrogen-bond donors (Lipinski definition) is 1. The first kappa shape index (κ1) is 13.4. The fraction of sp³-hybridized carbons (Fsp3) is 0.412. The molecule has 3 heterocycles. The molecule has 2 aliphatic heterocycles. The number of imidazole rings is 1. The summed E-state index contributed by atoms with van der Waals surface area (Å²) in [4.78, 5) is 22.4. The second-order valence-electron chi connectivity index (χ2n) is 6.00. The first-order valence-corrected chi connectivity index (χ1v) is 7.80. The number of carbonyl (C=O) groups is 1. The highest BCUT2D eigenvalue weighted by atomic mass is 16.5. The number of carbonyl (C=O) groups excluding carboxylic acids is 1. The number of aromatic amines is 1. The average molecular weight is 297 g/mol. The van der Waals surface area contributed by atoms with Crippen LogP contribution in [0.3, 0.4) is 0 Å². The molecule has 1 aromatic carbocycles. The van der Waals surface area contributed by atoms with Crippen molar-refractivity contribution in [3.63, 3.8) is 0 Å². The van der Waals surface area contributed by atoms with Gasteiger partial charge in [0.25, 0.3) is 5.91 Å².